The topological polar surface area (TPSA) is 18.5 Å². The molecule has 0 spiro atoms. The Morgan fingerprint density at radius 3 is 2.50 bits per heavy atom. The fraction of sp³-hybridized carbons (Fsp3) is 0.143. The maximum Gasteiger partial charge on any atom is 0.133 e. The summed E-state index contributed by atoms with van der Waals surface area (Å²) in [6.07, 6.45) is 0. The van der Waals surface area contributed by atoms with Crippen LogP contribution < -0.4 is 9.47 Å². The summed E-state index contributed by atoms with van der Waals surface area (Å²) in [5.41, 5.74) is 0. The van der Waals surface area contributed by atoms with E-state index < -0.39 is 0 Å². The van der Waals surface area contributed by atoms with Crippen LogP contribution in [0, 0.1) is 5.82 Å². The predicted octanol–water partition coefficient (Wildman–Crippen LogP) is 4.05. The van der Waals surface area contributed by atoms with E-state index in [0.717, 1.165) is 10.2 Å². The molecule has 4 heteroatoms. The highest BCUT2D eigenvalue weighted by atomic mass is 79.9. The van der Waals surface area contributed by atoms with Crippen molar-refractivity contribution in [1.29, 1.82) is 0 Å². The van der Waals surface area contributed by atoms with E-state index in [1.807, 2.05) is 24.3 Å². The van der Waals surface area contributed by atoms with Crippen LogP contribution in [0.25, 0.3) is 0 Å². The molecule has 0 unspecified atom stereocenters. The number of halogens is 2. The van der Waals surface area contributed by atoms with Gasteiger partial charge in [-0.05, 0) is 40.2 Å². The number of ether oxygens (including phenoxy) is 2. The number of benzene rings is 2. The van der Waals surface area contributed by atoms with Gasteiger partial charge in [0.1, 0.15) is 30.5 Å². The van der Waals surface area contributed by atoms with Crippen LogP contribution in [0.4, 0.5) is 4.39 Å². The molecule has 2 nitrogen and oxygen atoms in total. The van der Waals surface area contributed by atoms with Crippen molar-refractivity contribution in [3.63, 3.8) is 0 Å². The molecule has 0 aliphatic rings. The third-order valence-corrected chi connectivity index (χ3v) is 2.90. The van der Waals surface area contributed by atoms with Gasteiger partial charge in [-0.3, -0.25) is 0 Å². The molecule has 2 rings (SSSR count). The van der Waals surface area contributed by atoms with Gasteiger partial charge in [0, 0.05) is 6.07 Å². The van der Waals surface area contributed by atoms with Crippen LogP contribution in [-0.4, -0.2) is 13.2 Å². The molecule has 2 aromatic carbocycles. The van der Waals surface area contributed by atoms with Crippen molar-refractivity contribution >= 4 is 15.9 Å². The summed E-state index contributed by atoms with van der Waals surface area (Å²) in [7, 11) is 0. The minimum absolute atomic E-state index is 0.306. The maximum atomic E-state index is 12.9. The molecule has 0 bridgehead atoms. The van der Waals surface area contributed by atoms with E-state index in [1.165, 1.54) is 12.1 Å². The quantitative estimate of drug-likeness (QED) is 0.776. The molecule has 0 atom stereocenters. The van der Waals surface area contributed by atoms with E-state index in [-0.39, 0.29) is 5.82 Å². The summed E-state index contributed by atoms with van der Waals surface area (Å²) in [5, 5.41) is 0. The van der Waals surface area contributed by atoms with Gasteiger partial charge in [-0.15, -0.1) is 0 Å². The molecule has 0 N–H and O–H groups in total. The van der Waals surface area contributed by atoms with E-state index in [9.17, 15) is 4.39 Å². The molecule has 0 aliphatic carbocycles. The number of para-hydroxylation sites is 1. The van der Waals surface area contributed by atoms with Crippen LogP contribution in [-0.2, 0) is 0 Å². The molecule has 0 aromatic heterocycles. The van der Waals surface area contributed by atoms with E-state index >= 15 is 0 Å². The summed E-state index contributed by atoms with van der Waals surface area (Å²) in [6.45, 7) is 0.768. The predicted molar refractivity (Wildman–Crippen MR) is 71.5 cm³/mol. The fourth-order valence-electron chi connectivity index (χ4n) is 1.43. The lowest BCUT2D eigenvalue weighted by atomic mass is 10.3. The first-order valence-corrected chi connectivity index (χ1v) is 6.31. The molecule has 94 valence electrons. The molecular weight excluding hydrogens is 299 g/mol. The van der Waals surface area contributed by atoms with Crippen LogP contribution in [0.5, 0.6) is 11.5 Å². The summed E-state index contributed by atoms with van der Waals surface area (Å²) >= 11 is 3.39. The molecular formula is C14H12BrFO2. The summed E-state index contributed by atoms with van der Waals surface area (Å²) in [6, 6.07) is 13.6. The molecule has 0 fully saturated rings. The van der Waals surface area contributed by atoms with Crippen LogP contribution >= 0.6 is 15.9 Å². The molecule has 0 aliphatic heterocycles. The van der Waals surface area contributed by atoms with Gasteiger partial charge >= 0.3 is 0 Å². The largest absolute Gasteiger partial charge is 0.490 e. The second-order valence-corrected chi connectivity index (χ2v) is 4.44. The molecule has 0 saturated heterocycles. The first-order chi connectivity index (χ1) is 8.75. The fourth-order valence-corrected chi connectivity index (χ4v) is 1.83. The SMILES string of the molecule is Fc1cccc(OCCOc2ccccc2Br)c1. The Balaban J connectivity index is 1.78. The van der Waals surface area contributed by atoms with Crippen molar-refractivity contribution in [2.45, 2.75) is 0 Å². The zero-order chi connectivity index (χ0) is 12.8. The Bertz CT molecular complexity index is 517. The third-order valence-electron chi connectivity index (χ3n) is 2.24. The standard InChI is InChI=1S/C14H12BrFO2/c15-13-6-1-2-7-14(13)18-9-8-17-12-5-3-4-11(16)10-12/h1-7,10H,8-9H2. The molecule has 0 radical (unpaired) electrons. The van der Waals surface area contributed by atoms with Crippen molar-refractivity contribution in [3.8, 4) is 11.5 Å². The minimum Gasteiger partial charge on any atom is -0.490 e. The first kappa shape index (κ1) is 12.9. The lowest BCUT2D eigenvalue weighted by Gasteiger charge is -2.09. The van der Waals surface area contributed by atoms with Gasteiger partial charge in [0.2, 0.25) is 0 Å². The van der Waals surface area contributed by atoms with Gasteiger partial charge in [-0.1, -0.05) is 18.2 Å². The van der Waals surface area contributed by atoms with Gasteiger partial charge in [0.25, 0.3) is 0 Å². The molecule has 18 heavy (non-hydrogen) atoms. The van der Waals surface area contributed by atoms with Crippen LogP contribution in [0.3, 0.4) is 0 Å². The maximum absolute atomic E-state index is 12.9. The van der Waals surface area contributed by atoms with Crippen LogP contribution in [0.15, 0.2) is 53.0 Å². The Morgan fingerprint density at radius 1 is 0.944 bits per heavy atom. The number of hydrogen-bond acceptors (Lipinski definition) is 2. The molecule has 0 saturated carbocycles. The summed E-state index contributed by atoms with van der Waals surface area (Å²) in [4.78, 5) is 0. The Kier molecular flexibility index (Phi) is 4.59. The monoisotopic (exact) mass is 310 g/mol. The van der Waals surface area contributed by atoms with Gasteiger partial charge < -0.3 is 9.47 Å². The highest BCUT2D eigenvalue weighted by Gasteiger charge is 2.00. The van der Waals surface area contributed by atoms with Crippen molar-refractivity contribution in [1.82, 2.24) is 0 Å². The smallest absolute Gasteiger partial charge is 0.133 e. The lowest BCUT2D eigenvalue weighted by molar-refractivity contribution is 0.216. The van der Waals surface area contributed by atoms with Crippen molar-refractivity contribution in [3.05, 3.63) is 58.8 Å². The van der Waals surface area contributed by atoms with E-state index in [2.05, 4.69) is 15.9 Å². The van der Waals surface area contributed by atoms with Gasteiger partial charge in [0.15, 0.2) is 0 Å². The highest BCUT2D eigenvalue weighted by molar-refractivity contribution is 9.10. The van der Waals surface area contributed by atoms with Gasteiger partial charge in [-0.2, -0.15) is 0 Å². The average molecular weight is 311 g/mol. The second kappa shape index (κ2) is 6.40. The second-order valence-electron chi connectivity index (χ2n) is 3.58. The molecule has 0 heterocycles. The van der Waals surface area contributed by atoms with Crippen molar-refractivity contribution < 1.29 is 13.9 Å². The average Bonchev–Trinajstić information content (AvgIpc) is 2.37. The third kappa shape index (κ3) is 3.74. The number of hydrogen-bond donors (Lipinski definition) is 0. The summed E-state index contributed by atoms with van der Waals surface area (Å²) in [5.74, 6) is 0.963. The Labute approximate surface area is 113 Å². The van der Waals surface area contributed by atoms with E-state index in [1.54, 1.807) is 12.1 Å². The van der Waals surface area contributed by atoms with Crippen LogP contribution in [0.1, 0.15) is 0 Å². The zero-order valence-electron chi connectivity index (χ0n) is 9.61. The lowest BCUT2D eigenvalue weighted by Crippen LogP contribution is -2.09. The van der Waals surface area contributed by atoms with Crippen LogP contribution in [0.2, 0.25) is 0 Å². The van der Waals surface area contributed by atoms with Crippen molar-refractivity contribution in [2.75, 3.05) is 13.2 Å². The Hall–Kier alpha value is -1.55. The zero-order valence-corrected chi connectivity index (χ0v) is 11.2. The number of rotatable bonds is 5. The minimum atomic E-state index is -0.306. The van der Waals surface area contributed by atoms with Gasteiger partial charge in [0.05, 0.1) is 4.47 Å². The normalized spacial score (nSPS) is 10.1. The Morgan fingerprint density at radius 2 is 1.72 bits per heavy atom. The van der Waals surface area contributed by atoms with Gasteiger partial charge in [-0.25, -0.2) is 4.39 Å². The van der Waals surface area contributed by atoms with Crippen molar-refractivity contribution in [2.24, 2.45) is 0 Å². The summed E-state index contributed by atoms with van der Waals surface area (Å²) < 4.78 is 24.7. The first-order valence-electron chi connectivity index (χ1n) is 5.51. The van der Waals surface area contributed by atoms with E-state index in [4.69, 9.17) is 9.47 Å². The van der Waals surface area contributed by atoms with E-state index in [0.29, 0.717) is 19.0 Å². The molecule has 2 aromatic rings. The molecule has 0 amide bonds. The highest BCUT2D eigenvalue weighted by Crippen LogP contribution is 2.23.